The number of amides is 1. The van der Waals surface area contributed by atoms with E-state index in [1.54, 1.807) is 0 Å². The van der Waals surface area contributed by atoms with Crippen LogP contribution in [-0.4, -0.2) is 92.0 Å². The van der Waals surface area contributed by atoms with Gasteiger partial charge in [0, 0.05) is 34.8 Å². The van der Waals surface area contributed by atoms with Gasteiger partial charge in [-0.25, -0.2) is 10.2 Å². The molecule has 4 aromatic rings. The number of aromatic amines is 1. The summed E-state index contributed by atoms with van der Waals surface area (Å²) in [5.41, 5.74) is 11.4. The molecular formula is C25H32Cl2N8O5. The number of nitrogens with two attached hydrogens (primary N) is 1. The van der Waals surface area contributed by atoms with Gasteiger partial charge in [-0.2, -0.15) is 5.10 Å². The first-order chi connectivity index (χ1) is 18.9. The summed E-state index contributed by atoms with van der Waals surface area (Å²) in [6, 6.07) is 1.25. The van der Waals surface area contributed by atoms with Crippen LogP contribution < -0.4 is 33.1 Å². The van der Waals surface area contributed by atoms with Gasteiger partial charge in [0.2, 0.25) is 0 Å². The third-order valence-electron chi connectivity index (χ3n) is 6.07. The molecule has 0 aliphatic heterocycles. The largest absolute Gasteiger partial charge is 0.478 e. The monoisotopic (exact) mass is 594 g/mol. The number of amidine groups is 1. The van der Waals surface area contributed by atoms with Crippen molar-refractivity contribution in [1.29, 1.82) is 0 Å². The van der Waals surface area contributed by atoms with Gasteiger partial charge in [0.15, 0.2) is 5.84 Å². The van der Waals surface area contributed by atoms with Crippen molar-refractivity contribution < 1.29 is 14.7 Å². The Kier molecular flexibility index (Phi) is 10.3. The second-order valence-corrected chi connectivity index (χ2v) is 10.4. The molecule has 0 unspecified atom stereocenters. The molecular weight excluding hydrogens is 563 g/mol. The minimum atomic E-state index is -1.56. The fourth-order valence-corrected chi connectivity index (χ4v) is 4.95. The average molecular weight is 595 g/mol. The summed E-state index contributed by atoms with van der Waals surface area (Å²) in [6.07, 6.45) is 1.40. The van der Waals surface area contributed by atoms with Crippen LogP contribution in [0.15, 0.2) is 20.8 Å². The maximum absolute atomic E-state index is 13.5. The van der Waals surface area contributed by atoms with Gasteiger partial charge < -0.3 is 26.1 Å². The second-order valence-electron chi connectivity index (χ2n) is 9.66. The van der Waals surface area contributed by atoms with Crippen LogP contribution in [0.3, 0.4) is 0 Å². The van der Waals surface area contributed by atoms with E-state index in [1.165, 1.54) is 6.07 Å². The Morgan fingerprint density at radius 2 is 1.57 bits per heavy atom. The smallest absolute Gasteiger partial charge is 0.338 e. The Bertz CT molecular complexity index is 1570. The number of carboxylic acids is 1. The Labute approximate surface area is 239 Å². The molecule has 7 N–H and O–H groups in total. The number of rotatable bonds is 13. The van der Waals surface area contributed by atoms with E-state index in [0.29, 0.717) is 19.5 Å². The minimum Gasteiger partial charge on any atom is -0.478 e. The first kappa shape index (κ1) is 31.0. The molecule has 216 valence electrons. The van der Waals surface area contributed by atoms with E-state index in [0.717, 1.165) is 19.5 Å². The first-order valence-corrected chi connectivity index (χ1v) is 13.1. The van der Waals surface area contributed by atoms with E-state index in [2.05, 4.69) is 26.4 Å². The summed E-state index contributed by atoms with van der Waals surface area (Å²) >= 11 is 13.0. The van der Waals surface area contributed by atoms with Crippen LogP contribution in [0.25, 0.3) is 21.5 Å². The molecule has 13 nitrogen and oxygen atoms in total. The maximum Gasteiger partial charge on any atom is 0.338 e. The van der Waals surface area contributed by atoms with Crippen molar-refractivity contribution in [2.24, 2.45) is 10.8 Å². The van der Waals surface area contributed by atoms with Gasteiger partial charge in [-0.3, -0.25) is 24.8 Å². The molecule has 0 fully saturated rings. The molecule has 0 atom stereocenters. The number of carboxylic acid groups (broad SMARTS) is 1. The van der Waals surface area contributed by atoms with Gasteiger partial charge in [-0.05, 0) is 60.2 Å². The number of nitrogens with zero attached hydrogens (tertiary/aromatic N) is 3. The number of halogens is 2. The molecule has 0 aliphatic rings. The summed E-state index contributed by atoms with van der Waals surface area (Å²) in [6.45, 7) is 2.31. The zero-order chi connectivity index (χ0) is 29.7. The van der Waals surface area contributed by atoms with E-state index in [4.69, 9.17) is 28.9 Å². The lowest BCUT2D eigenvalue weighted by Crippen LogP contribution is -2.39. The van der Waals surface area contributed by atoms with Gasteiger partial charge in [-0.15, -0.1) is 0 Å². The Balaban J connectivity index is 2.29. The molecule has 2 bridgehead atoms. The standard InChI is InChI=1S/C25H32Cl2N8O5/c1-34(2)9-5-7-29-32-21(28)18-14-12-11-13(26)15(23(37)31-22(12)36)16(14)17(19(20(18)27)25(39)40)24(38)33-30-8-6-10-35(3)4/h11,29-30H,5-10H2,1-4H3,(H2,28,32)(H,33,38)(H,39,40)(H,31,36,37). The quantitative estimate of drug-likeness (QED) is 0.0716. The predicted molar refractivity (Wildman–Crippen MR) is 157 cm³/mol. The number of aromatic nitrogens is 1. The van der Waals surface area contributed by atoms with Crippen LogP contribution in [0.2, 0.25) is 10.0 Å². The van der Waals surface area contributed by atoms with Crippen molar-refractivity contribution in [2.75, 3.05) is 54.4 Å². The molecule has 0 radical (unpaired) electrons. The highest BCUT2D eigenvalue weighted by atomic mass is 35.5. The number of hydrogen-bond acceptors (Lipinski definition) is 9. The zero-order valence-electron chi connectivity index (χ0n) is 22.6. The van der Waals surface area contributed by atoms with Crippen molar-refractivity contribution >= 4 is 62.5 Å². The Hall–Kier alpha value is -3.49. The number of benzene rings is 2. The molecule has 2 aromatic heterocycles. The van der Waals surface area contributed by atoms with Gasteiger partial charge in [0.25, 0.3) is 17.0 Å². The molecule has 0 aliphatic carbocycles. The van der Waals surface area contributed by atoms with Gasteiger partial charge in [0.05, 0.1) is 26.6 Å². The van der Waals surface area contributed by atoms with Crippen molar-refractivity contribution in [2.45, 2.75) is 12.8 Å². The fourth-order valence-electron chi connectivity index (χ4n) is 4.29. The highest BCUT2D eigenvalue weighted by molar-refractivity contribution is 6.44. The van der Waals surface area contributed by atoms with E-state index in [-0.39, 0.29) is 38.0 Å². The SMILES string of the molecule is CN(C)CCCNN=C(N)c1c(Cl)c(C(=O)O)c(C(=O)NNCCCN(C)C)c2c3c(Cl)cc(c(=O)[nH]c3=O)c12. The number of hydrazone groups is 1. The van der Waals surface area contributed by atoms with Gasteiger partial charge in [0.1, 0.15) is 0 Å². The number of carbonyl (C=O) groups is 2. The highest BCUT2D eigenvalue weighted by Crippen LogP contribution is 2.40. The number of hydrogen-bond donors (Lipinski definition) is 6. The summed E-state index contributed by atoms with van der Waals surface area (Å²) in [7, 11) is 7.65. The summed E-state index contributed by atoms with van der Waals surface area (Å²) < 4.78 is 0. The molecule has 2 heterocycles. The summed E-state index contributed by atoms with van der Waals surface area (Å²) in [4.78, 5) is 58.1. The fraction of sp³-hybridized carbons (Fsp3) is 0.400. The van der Waals surface area contributed by atoms with E-state index in [1.807, 2.05) is 38.0 Å². The molecule has 40 heavy (non-hydrogen) atoms. The molecule has 2 aromatic carbocycles. The topological polar surface area (TPSA) is 185 Å². The van der Waals surface area contributed by atoms with Crippen molar-refractivity contribution in [3.63, 3.8) is 0 Å². The lowest BCUT2D eigenvalue weighted by Gasteiger charge is -2.18. The van der Waals surface area contributed by atoms with E-state index in [9.17, 15) is 24.3 Å². The summed E-state index contributed by atoms with van der Waals surface area (Å²) in [5.74, 6) is -2.70. The van der Waals surface area contributed by atoms with Crippen LogP contribution >= 0.6 is 23.2 Å². The van der Waals surface area contributed by atoms with Crippen LogP contribution in [0.1, 0.15) is 39.1 Å². The van der Waals surface area contributed by atoms with Crippen molar-refractivity contribution in [3.8, 4) is 0 Å². The zero-order valence-corrected chi connectivity index (χ0v) is 24.1. The molecule has 0 saturated heterocycles. The number of carbonyl (C=O) groups excluding carboxylic acids is 1. The lowest BCUT2D eigenvalue weighted by atomic mass is 9.90. The lowest BCUT2D eigenvalue weighted by molar-refractivity contribution is 0.0691. The summed E-state index contributed by atoms with van der Waals surface area (Å²) in [5, 5.41) is 13.1. The number of aromatic carboxylic acids is 1. The molecule has 0 saturated carbocycles. The predicted octanol–water partition coefficient (Wildman–Crippen LogP) is 0.832. The van der Waals surface area contributed by atoms with Gasteiger partial charge >= 0.3 is 5.97 Å². The molecule has 1 amide bonds. The Morgan fingerprint density at radius 1 is 0.950 bits per heavy atom. The minimum absolute atomic E-state index is 0.0214. The third-order valence-corrected chi connectivity index (χ3v) is 6.74. The molecule has 4 rings (SSSR count). The van der Waals surface area contributed by atoms with Crippen LogP contribution in [0, 0.1) is 0 Å². The van der Waals surface area contributed by atoms with E-state index < -0.39 is 39.1 Å². The van der Waals surface area contributed by atoms with Gasteiger partial charge in [-0.1, -0.05) is 23.2 Å². The second kappa shape index (κ2) is 13.2. The third kappa shape index (κ3) is 6.62. The molecule has 15 heteroatoms. The number of H-pyrrole nitrogens is 1. The number of nitrogens with one attached hydrogen (secondary N) is 4. The number of hydrazine groups is 1. The van der Waals surface area contributed by atoms with E-state index >= 15 is 0 Å². The van der Waals surface area contributed by atoms with Crippen LogP contribution in [0.5, 0.6) is 0 Å². The first-order valence-electron chi connectivity index (χ1n) is 12.4. The highest BCUT2D eigenvalue weighted by Gasteiger charge is 2.32. The van der Waals surface area contributed by atoms with Crippen LogP contribution in [0.4, 0.5) is 0 Å². The average Bonchev–Trinajstić information content (AvgIpc) is 3.03. The van der Waals surface area contributed by atoms with Crippen LogP contribution in [-0.2, 0) is 0 Å². The molecule has 0 spiro atoms. The number of fused-ring (bicyclic) bond motifs is 3. The normalized spacial score (nSPS) is 12.2. The van der Waals surface area contributed by atoms with Crippen molar-refractivity contribution in [1.82, 2.24) is 31.1 Å². The van der Waals surface area contributed by atoms with Crippen molar-refractivity contribution in [3.05, 3.63) is 53.5 Å². The Morgan fingerprint density at radius 3 is 2.17 bits per heavy atom. The maximum atomic E-state index is 13.5.